The number of rotatable bonds is 4. The van der Waals surface area contributed by atoms with Crippen LogP contribution in [0.2, 0.25) is 0 Å². The van der Waals surface area contributed by atoms with Crippen molar-refractivity contribution in [3.8, 4) is 0 Å². The summed E-state index contributed by atoms with van der Waals surface area (Å²) in [6, 6.07) is -1.36. The van der Waals surface area contributed by atoms with Gasteiger partial charge in [0, 0.05) is 6.54 Å². The monoisotopic (exact) mass is 297 g/mol. The molecule has 1 aromatic rings. The van der Waals surface area contributed by atoms with Crippen LogP contribution >= 0.6 is 11.3 Å². The molecule has 0 spiro atoms. The van der Waals surface area contributed by atoms with Gasteiger partial charge in [0.2, 0.25) is 5.13 Å². The van der Waals surface area contributed by atoms with Crippen LogP contribution in [0.4, 0.5) is 23.1 Å². The van der Waals surface area contributed by atoms with Crippen LogP contribution in [0.1, 0.15) is 24.9 Å². The molecule has 0 saturated carbocycles. The minimum Gasteiger partial charge on any atom is -0.374 e. The summed E-state index contributed by atoms with van der Waals surface area (Å²) in [5, 5.41) is 10.4. The number of urea groups is 1. The highest BCUT2D eigenvalue weighted by Gasteiger charge is 2.32. The Morgan fingerprint density at radius 1 is 1.53 bits per heavy atom. The molecule has 1 atom stereocenters. The molecule has 0 aromatic carbocycles. The van der Waals surface area contributed by atoms with Crippen molar-refractivity contribution in [3.63, 3.8) is 0 Å². The number of alkyl halides is 3. The van der Waals surface area contributed by atoms with E-state index in [2.05, 4.69) is 15.5 Å². The molecule has 108 valence electrons. The number of aromatic nitrogens is 2. The van der Waals surface area contributed by atoms with E-state index in [1.807, 2.05) is 0 Å². The van der Waals surface area contributed by atoms with Gasteiger partial charge >= 0.3 is 12.2 Å². The van der Waals surface area contributed by atoms with Crippen molar-refractivity contribution >= 4 is 22.5 Å². The Morgan fingerprint density at radius 3 is 2.58 bits per heavy atom. The number of nitrogens with one attached hydrogen (secondary N) is 1. The largest absolute Gasteiger partial charge is 0.406 e. The van der Waals surface area contributed by atoms with Crippen LogP contribution in [0.15, 0.2) is 0 Å². The number of anilines is 1. The first kappa shape index (κ1) is 15.5. The van der Waals surface area contributed by atoms with Crippen molar-refractivity contribution in [1.82, 2.24) is 20.4 Å². The molecule has 0 fully saturated rings. The maximum Gasteiger partial charge on any atom is 0.406 e. The van der Waals surface area contributed by atoms with Crippen LogP contribution in [-0.4, -0.2) is 40.4 Å². The average Bonchev–Trinajstić information content (AvgIpc) is 2.71. The zero-order valence-corrected chi connectivity index (χ0v) is 11.2. The lowest BCUT2D eigenvalue weighted by Crippen LogP contribution is -2.45. The van der Waals surface area contributed by atoms with E-state index < -0.39 is 24.8 Å². The molecular weight excluding hydrogens is 283 g/mol. The van der Waals surface area contributed by atoms with Crippen LogP contribution < -0.4 is 11.1 Å². The number of amides is 2. The summed E-state index contributed by atoms with van der Waals surface area (Å²) in [4.78, 5) is 12.4. The van der Waals surface area contributed by atoms with E-state index in [1.165, 1.54) is 6.92 Å². The summed E-state index contributed by atoms with van der Waals surface area (Å²) in [5.41, 5.74) is 5.39. The summed E-state index contributed by atoms with van der Waals surface area (Å²) in [5.74, 6) is 0. The number of halogens is 3. The predicted octanol–water partition coefficient (Wildman–Crippen LogP) is 1.78. The number of carbonyl (C=O) groups excluding carboxylic acids is 1. The molecule has 0 aliphatic rings. The van der Waals surface area contributed by atoms with Gasteiger partial charge in [0.05, 0.1) is 6.04 Å². The Balaban J connectivity index is 2.62. The normalized spacial score (nSPS) is 13.1. The average molecular weight is 297 g/mol. The smallest absolute Gasteiger partial charge is 0.374 e. The predicted molar refractivity (Wildman–Crippen MR) is 64.6 cm³/mol. The lowest BCUT2D eigenvalue weighted by atomic mass is 10.3. The first-order valence-electron chi connectivity index (χ1n) is 5.44. The SMILES string of the molecule is CCN(CC(F)(F)F)C(=O)N[C@H](C)c1nnc(N)s1. The van der Waals surface area contributed by atoms with Crippen LogP contribution in [0.3, 0.4) is 0 Å². The molecular formula is C9H14F3N5OS. The van der Waals surface area contributed by atoms with Gasteiger partial charge in [0.15, 0.2) is 0 Å². The Hall–Kier alpha value is -1.58. The van der Waals surface area contributed by atoms with Gasteiger partial charge in [0.25, 0.3) is 0 Å². The van der Waals surface area contributed by atoms with Gasteiger partial charge in [-0.1, -0.05) is 11.3 Å². The third-order valence-corrected chi connectivity index (χ3v) is 3.14. The zero-order chi connectivity index (χ0) is 14.6. The van der Waals surface area contributed by atoms with Crippen molar-refractivity contribution in [2.24, 2.45) is 0 Å². The second-order valence-corrected chi connectivity index (χ2v) is 4.82. The molecule has 0 radical (unpaired) electrons. The lowest BCUT2D eigenvalue weighted by Gasteiger charge is -2.24. The maximum absolute atomic E-state index is 12.3. The van der Waals surface area contributed by atoms with Crippen molar-refractivity contribution < 1.29 is 18.0 Å². The highest BCUT2D eigenvalue weighted by atomic mass is 32.1. The van der Waals surface area contributed by atoms with Gasteiger partial charge in [-0.25, -0.2) is 4.79 Å². The molecule has 2 amide bonds. The molecule has 19 heavy (non-hydrogen) atoms. The fourth-order valence-electron chi connectivity index (χ4n) is 1.30. The Bertz CT molecular complexity index is 436. The Morgan fingerprint density at radius 2 is 2.16 bits per heavy atom. The number of nitrogen functional groups attached to an aromatic ring is 1. The van der Waals surface area contributed by atoms with E-state index in [0.29, 0.717) is 9.91 Å². The summed E-state index contributed by atoms with van der Waals surface area (Å²) in [7, 11) is 0. The van der Waals surface area contributed by atoms with Crippen LogP contribution in [0.25, 0.3) is 0 Å². The molecule has 0 saturated heterocycles. The number of nitrogens with two attached hydrogens (primary N) is 1. The van der Waals surface area contributed by atoms with Crippen LogP contribution in [0.5, 0.6) is 0 Å². The maximum atomic E-state index is 12.3. The van der Waals surface area contributed by atoms with Gasteiger partial charge in [-0.3, -0.25) is 0 Å². The topological polar surface area (TPSA) is 84.1 Å². The fraction of sp³-hybridized carbons (Fsp3) is 0.667. The molecule has 0 aliphatic carbocycles. The molecule has 1 heterocycles. The zero-order valence-electron chi connectivity index (χ0n) is 10.4. The van der Waals surface area contributed by atoms with Gasteiger partial charge in [-0.2, -0.15) is 13.2 Å². The summed E-state index contributed by atoms with van der Waals surface area (Å²) in [6.45, 7) is 1.73. The minimum atomic E-state index is -4.43. The van der Waals surface area contributed by atoms with Gasteiger partial charge in [0.1, 0.15) is 11.6 Å². The van der Waals surface area contributed by atoms with E-state index in [-0.39, 0.29) is 11.7 Å². The fourth-order valence-corrected chi connectivity index (χ4v) is 1.92. The molecule has 1 aromatic heterocycles. The Labute approximate surface area is 111 Å². The van der Waals surface area contributed by atoms with Crippen molar-refractivity contribution in [3.05, 3.63) is 5.01 Å². The molecule has 0 unspecified atom stereocenters. The standard InChI is InChI=1S/C9H14F3N5OS/c1-3-17(4-9(10,11)12)8(18)14-5(2)6-15-16-7(13)19-6/h5H,3-4H2,1-2H3,(H2,13,16)(H,14,18)/t5-/m1/s1. The van der Waals surface area contributed by atoms with Gasteiger partial charge < -0.3 is 16.0 Å². The van der Waals surface area contributed by atoms with Gasteiger partial charge in [-0.05, 0) is 13.8 Å². The minimum absolute atomic E-state index is 0.0453. The van der Waals surface area contributed by atoms with Crippen molar-refractivity contribution in [1.29, 1.82) is 0 Å². The molecule has 10 heteroatoms. The van der Waals surface area contributed by atoms with Gasteiger partial charge in [-0.15, -0.1) is 10.2 Å². The van der Waals surface area contributed by atoms with E-state index in [9.17, 15) is 18.0 Å². The number of hydrogen-bond acceptors (Lipinski definition) is 5. The molecule has 0 aliphatic heterocycles. The molecule has 1 rings (SSSR count). The number of hydrogen-bond donors (Lipinski definition) is 2. The molecule has 6 nitrogen and oxygen atoms in total. The van der Waals surface area contributed by atoms with Crippen LogP contribution in [-0.2, 0) is 0 Å². The summed E-state index contributed by atoms with van der Waals surface area (Å²) < 4.78 is 36.8. The van der Waals surface area contributed by atoms with Crippen LogP contribution in [0, 0.1) is 0 Å². The first-order valence-corrected chi connectivity index (χ1v) is 6.25. The van der Waals surface area contributed by atoms with E-state index in [4.69, 9.17) is 5.73 Å². The summed E-state index contributed by atoms with van der Waals surface area (Å²) >= 11 is 1.07. The third-order valence-electron chi connectivity index (χ3n) is 2.21. The highest BCUT2D eigenvalue weighted by molar-refractivity contribution is 7.15. The number of nitrogens with zero attached hydrogens (tertiary/aromatic N) is 3. The quantitative estimate of drug-likeness (QED) is 0.887. The summed E-state index contributed by atoms with van der Waals surface area (Å²) in [6.07, 6.45) is -4.43. The van der Waals surface area contributed by atoms with Crippen molar-refractivity contribution in [2.45, 2.75) is 26.1 Å². The van der Waals surface area contributed by atoms with E-state index in [1.54, 1.807) is 6.92 Å². The molecule has 3 N–H and O–H groups in total. The second kappa shape index (κ2) is 6.04. The molecule has 0 bridgehead atoms. The number of carbonyl (C=O) groups is 1. The van der Waals surface area contributed by atoms with E-state index >= 15 is 0 Å². The second-order valence-electron chi connectivity index (χ2n) is 3.78. The van der Waals surface area contributed by atoms with Crippen molar-refractivity contribution in [2.75, 3.05) is 18.8 Å². The Kier molecular flexibility index (Phi) is 4.92. The van der Waals surface area contributed by atoms with E-state index in [0.717, 1.165) is 11.3 Å². The first-order chi connectivity index (χ1) is 8.73. The highest BCUT2D eigenvalue weighted by Crippen LogP contribution is 2.20. The third kappa shape index (κ3) is 4.89. The lowest BCUT2D eigenvalue weighted by molar-refractivity contribution is -0.139.